The van der Waals surface area contributed by atoms with Crippen molar-refractivity contribution in [2.45, 2.75) is 17.1 Å². The molecule has 42 heavy (non-hydrogen) atoms. The van der Waals surface area contributed by atoms with Gasteiger partial charge < -0.3 is 15.7 Å². The van der Waals surface area contributed by atoms with E-state index in [9.17, 15) is 24.3 Å². The third kappa shape index (κ3) is 7.09. The number of anilines is 2. The molecule has 4 aromatic rings. The average molecular weight is 662 g/mol. The van der Waals surface area contributed by atoms with Crippen LogP contribution < -0.4 is 10.6 Å². The number of rotatable bonds is 9. The molecule has 0 aromatic heterocycles. The summed E-state index contributed by atoms with van der Waals surface area (Å²) < 4.78 is 0. The first-order valence-electron chi connectivity index (χ1n) is 12.1. The lowest BCUT2D eigenvalue weighted by Crippen LogP contribution is -2.19. The van der Waals surface area contributed by atoms with Crippen molar-refractivity contribution in [1.29, 1.82) is 0 Å². The number of hydrogen-bond acceptors (Lipinski definition) is 5. The van der Waals surface area contributed by atoms with E-state index in [0.29, 0.717) is 21.8 Å². The molecule has 0 spiro atoms. The van der Waals surface area contributed by atoms with Crippen molar-refractivity contribution in [1.82, 2.24) is 0 Å². The molecule has 0 aliphatic rings. The van der Waals surface area contributed by atoms with Crippen LogP contribution in [0.1, 0.15) is 48.8 Å². The topological polar surface area (TPSA) is 113 Å². The number of carbonyl (C=O) groups excluding carboxylic acids is 3. The average Bonchev–Trinajstić information content (AvgIpc) is 2.97. The zero-order valence-corrected chi connectivity index (χ0v) is 25.4. The monoisotopic (exact) mass is 660 g/mol. The maximum atomic E-state index is 13.4. The van der Waals surface area contributed by atoms with E-state index in [4.69, 9.17) is 46.4 Å². The van der Waals surface area contributed by atoms with E-state index in [1.54, 1.807) is 48.5 Å². The highest BCUT2D eigenvalue weighted by molar-refractivity contribution is 8.00. The van der Waals surface area contributed by atoms with Crippen molar-refractivity contribution in [2.24, 2.45) is 0 Å². The summed E-state index contributed by atoms with van der Waals surface area (Å²) in [6.07, 6.45) is 0. The van der Waals surface area contributed by atoms with Crippen LogP contribution in [0.2, 0.25) is 20.1 Å². The zero-order chi connectivity index (χ0) is 30.6. The third-order valence-electron chi connectivity index (χ3n) is 5.95. The number of carbonyl (C=O) groups is 4. The van der Waals surface area contributed by atoms with Crippen LogP contribution in [-0.4, -0.2) is 28.7 Å². The molecule has 0 radical (unpaired) electrons. The predicted octanol–water partition coefficient (Wildman–Crippen LogP) is 8.93. The number of aromatic carboxylic acids is 1. The molecule has 7 nitrogen and oxygen atoms in total. The lowest BCUT2D eigenvalue weighted by molar-refractivity contribution is -0.115. The lowest BCUT2D eigenvalue weighted by atomic mass is 10.1. The van der Waals surface area contributed by atoms with Gasteiger partial charge in [-0.3, -0.25) is 14.4 Å². The summed E-state index contributed by atoms with van der Waals surface area (Å²) in [5.74, 6) is -2.77. The molecular formula is C30H20Cl4N2O5S. The van der Waals surface area contributed by atoms with Gasteiger partial charge in [0.1, 0.15) is 5.25 Å². The fourth-order valence-corrected chi connectivity index (χ4v) is 6.02. The van der Waals surface area contributed by atoms with Gasteiger partial charge in [0, 0.05) is 21.8 Å². The Kier molecular flexibility index (Phi) is 10.2. The minimum atomic E-state index is -1.51. The molecule has 1 unspecified atom stereocenters. The number of thioether (sulfide) groups is 1. The molecule has 0 aliphatic heterocycles. The first kappa shape index (κ1) is 31.4. The number of hydrogen-bond donors (Lipinski definition) is 3. The molecule has 4 aromatic carbocycles. The number of carboxylic acid groups (broad SMARTS) is 1. The smallest absolute Gasteiger partial charge is 0.338 e. The Bertz CT molecular complexity index is 1700. The van der Waals surface area contributed by atoms with Gasteiger partial charge in [-0.1, -0.05) is 82.8 Å². The summed E-state index contributed by atoms with van der Waals surface area (Å²) >= 11 is 25.6. The molecule has 4 rings (SSSR count). The van der Waals surface area contributed by atoms with Crippen LogP contribution in [-0.2, 0) is 4.79 Å². The van der Waals surface area contributed by atoms with Crippen LogP contribution in [0.15, 0.2) is 83.8 Å². The van der Waals surface area contributed by atoms with Crippen molar-refractivity contribution in [3.05, 3.63) is 121 Å². The number of ketones is 1. The Morgan fingerprint density at radius 2 is 1.33 bits per heavy atom. The maximum Gasteiger partial charge on any atom is 0.338 e. The van der Waals surface area contributed by atoms with E-state index >= 15 is 0 Å². The number of Topliss-reactive ketones (excluding diaryl/α,β-unsaturated/α-hetero) is 1. The summed E-state index contributed by atoms with van der Waals surface area (Å²) in [6.45, 7) is 1.46. The summed E-state index contributed by atoms with van der Waals surface area (Å²) in [4.78, 5) is 50.7. The second kappa shape index (κ2) is 13.6. The highest BCUT2D eigenvalue weighted by atomic mass is 35.5. The summed E-state index contributed by atoms with van der Waals surface area (Å²) in [7, 11) is 0. The maximum absolute atomic E-state index is 13.4. The SMILES string of the molecule is CC(=O)c1ccc(NC(=O)C(Sc2cccc(NC(=O)c3c(Cl)c(Cl)c(Cl)c(Cl)c3C(=O)O)c2)c2ccccc2)cc1. The van der Waals surface area contributed by atoms with E-state index in [-0.39, 0.29) is 26.8 Å². The molecular weight excluding hydrogens is 642 g/mol. The van der Waals surface area contributed by atoms with Gasteiger partial charge in [0.15, 0.2) is 5.78 Å². The first-order valence-corrected chi connectivity index (χ1v) is 14.5. The Labute approximate surface area is 265 Å². The van der Waals surface area contributed by atoms with Gasteiger partial charge in [-0.25, -0.2) is 4.79 Å². The van der Waals surface area contributed by atoms with Crippen molar-refractivity contribution in [3.8, 4) is 0 Å². The van der Waals surface area contributed by atoms with Crippen molar-refractivity contribution in [2.75, 3.05) is 10.6 Å². The fourth-order valence-electron chi connectivity index (χ4n) is 3.92. The number of nitrogens with one attached hydrogen (secondary N) is 2. The minimum absolute atomic E-state index is 0.0821. The second-order valence-corrected chi connectivity index (χ2v) is 11.5. The summed E-state index contributed by atoms with van der Waals surface area (Å²) in [5, 5.41) is 13.2. The number of carboxylic acids is 1. The van der Waals surface area contributed by atoms with Crippen LogP contribution in [0.4, 0.5) is 11.4 Å². The van der Waals surface area contributed by atoms with Crippen LogP contribution >= 0.6 is 58.2 Å². The summed E-state index contributed by atoms with van der Waals surface area (Å²) in [5.41, 5.74) is 1.06. The highest BCUT2D eigenvalue weighted by Gasteiger charge is 2.29. The van der Waals surface area contributed by atoms with Gasteiger partial charge in [-0.05, 0) is 55.0 Å². The Morgan fingerprint density at radius 1 is 0.714 bits per heavy atom. The van der Waals surface area contributed by atoms with E-state index in [2.05, 4.69) is 10.6 Å². The van der Waals surface area contributed by atoms with Crippen LogP contribution in [0.25, 0.3) is 0 Å². The largest absolute Gasteiger partial charge is 0.478 e. The van der Waals surface area contributed by atoms with Gasteiger partial charge in [-0.2, -0.15) is 0 Å². The lowest BCUT2D eigenvalue weighted by Gasteiger charge is -2.18. The number of benzene rings is 4. The molecule has 0 aliphatic carbocycles. The Hall–Kier alpha value is -3.53. The van der Waals surface area contributed by atoms with Gasteiger partial charge in [0.05, 0.1) is 31.2 Å². The van der Waals surface area contributed by atoms with Crippen LogP contribution in [0.5, 0.6) is 0 Å². The molecule has 12 heteroatoms. The molecule has 0 saturated heterocycles. The molecule has 0 fully saturated rings. The molecule has 1 atom stereocenters. The molecule has 3 N–H and O–H groups in total. The van der Waals surface area contributed by atoms with Gasteiger partial charge in [0.25, 0.3) is 5.91 Å². The standard InChI is InChI=1S/C30H20Cl4N2O5S/c1-15(37)16-10-12-18(13-11-16)35-29(39)27(17-6-3-2-4-7-17)42-20-9-5-8-19(14-20)36-28(38)21-22(30(40)41)24(32)26(34)25(33)23(21)31/h2-14,27H,1H3,(H,35,39)(H,36,38)(H,40,41). The Balaban J connectivity index is 1.60. The molecule has 2 amide bonds. The van der Waals surface area contributed by atoms with Crippen molar-refractivity contribution >= 4 is 93.1 Å². The fraction of sp³-hybridized carbons (Fsp3) is 0.0667. The first-order chi connectivity index (χ1) is 20.0. The van der Waals surface area contributed by atoms with E-state index in [1.807, 2.05) is 30.3 Å². The second-order valence-electron chi connectivity index (χ2n) is 8.82. The van der Waals surface area contributed by atoms with Crippen LogP contribution in [0, 0.1) is 0 Å². The van der Waals surface area contributed by atoms with Gasteiger partial charge in [-0.15, -0.1) is 11.8 Å². The molecule has 0 saturated carbocycles. The number of halogens is 4. The molecule has 0 heterocycles. The minimum Gasteiger partial charge on any atom is -0.478 e. The predicted molar refractivity (Wildman–Crippen MR) is 168 cm³/mol. The highest BCUT2D eigenvalue weighted by Crippen LogP contribution is 2.42. The normalized spacial score (nSPS) is 11.5. The number of amides is 2. The summed E-state index contributed by atoms with van der Waals surface area (Å²) in [6, 6.07) is 22.4. The quantitative estimate of drug-likeness (QED) is 0.0714. The molecule has 214 valence electrons. The van der Waals surface area contributed by atoms with Crippen molar-refractivity contribution in [3.63, 3.8) is 0 Å². The van der Waals surface area contributed by atoms with Crippen molar-refractivity contribution < 1.29 is 24.3 Å². The molecule has 0 bridgehead atoms. The van der Waals surface area contributed by atoms with E-state index in [0.717, 1.165) is 5.56 Å². The Morgan fingerprint density at radius 3 is 1.93 bits per heavy atom. The van der Waals surface area contributed by atoms with E-state index in [1.165, 1.54) is 18.7 Å². The van der Waals surface area contributed by atoms with Gasteiger partial charge >= 0.3 is 5.97 Å². The van der Waals surface area contributed by atoms with Crippen LogP contribution in [0.3, 0.4) is 0 Å². The van der Waals surface area contributed by atoms with Gasteiger partial charge in [0.2, 0.25) is 5.91 Å². The van der Waals surface area contributed by atoms with E-state index < -0.39 is 33.3 Å². The third-order valence-corrected chi connectivity index (χ3v) is 9.00. The zero-order valence-electron chi connectivity index (χ0n) is 21.6.